The smallest absolute Gasteiger partial charge is 0.191 e. The molecule has 1 aromatic rings. The zero-order valence-electron chi connectivity index (χ0n) is 10.3. The number of nitrogen functional groups attached to an aromatic ring is 1. The van der Waals surface area contributed by atoms with Crippen molar-refractivity contribution in [2.45, 2.75) is 24.9 Å². The molecule has 0 aliphatic heterocycles. The Labute approximate surface area is 106 Å². The summed E-state index contributed by atoms with van der Waals surface area (Å²) in [7, 11) is 0. The Morgan fingerprint density at radius 3 is 2.88 bits per heavy atom. The monoisotopic (exact) mass is 256 g/mol. The Balaban J connectivity index is 2.58. The number of rotatable bonds is 7. The second kappa shape index (κ2) is 7.34. The molecule has 0 bridgehead atoms. The van der Waals surface area contributed by atoms with Crippen LogP contribution in [0.5, 0.6) is 0 Å². The molecule has 1 heterocycles. The van der Waals surface area contributed by atoms with E-state index in [-0.39, 0.29) is 6.61 Å². The molecular weight excluding hydrogens is 236 g/mol. The lowest BCUT2D eigenvalue weighted by atomic mass is 10.0. The minimum Gasteiger partial charge on any atom is -0.396 e. The molecule has 0 fully saturated rings. The highest BCUT2D eigenvalue weighted by atomic mass is 32.2. The second-order valence-electron chi connectivity index (χ2n) is 3.83. The van der Waals surface area contributed by atoms with Crippen LogP contribution in [-0.2, 0) is 0 Å². The number of aliphatic hydroxyl groups excluding tert-OH is 1. The van der Waals surface area contributed by atoms with Crippen LogP contribution < -0.4 is 11.1 Å². The van der Waals surface area contributed by atoms with Gasteiger partial charge in [-0.2, -0.15) is 0 Å². The van der Waals surface area contributed by atoms with E-state index in [0.717, 1.165) is 25.2 Å². The van der Waals surface area contributed by atoms with Gasteiger partial charge in [0.25, 0.3) is 0 Å². The number of nitrogens with zero attached hydrogens (tertiary/aromatic N) is 2. The SMILES string of the molecule is CCC(CCO)CNc1cc(N)nc(SC)n1. The molecular formula is C11H20N4OS. The van der Waals surface area contributed by atoms with Crippen molar-refractivity contribution in [1.29, 1.82) is 0 Å². The van der Waals surface area contributed by atoms with Crippen LogP contribution in [0.25, 0.3) is 0 Å². The summed E-state index contributed by atoms with van der Waals surface area (Å²) in [5.74, 6) is 1.68. The number of aromatic nitrogens is 2. The number of hydrogen-bond donors (Lipinski definition) is 3. The van der Waals surface area contributed by atoms with Crippen molar-refractivity contribution in [2.24, 2.45) is 5.92 Å². The summed E-state index contributed by atoms with van der Waals surface area (Å²) < 4.78 is 0. The normalized spacial score (nSPS) is 12.4. The van der Waals surface area contributed by atoms with Crippen molar-refractivity contribution in [3.63, 3.8) is 0 Å². The van der Waals surface area contributed by atoms with Crippen molar-refractivity contribution < 1.29 is 5.11 Å². The molecule has 0 aromatic carbocycles. The van der Waals surface area contributed by atoms with Crippen LogP contribution in [0.15, 0.2) is 11.2 Å². The van der Waals surface area contributed by atoms with Crippen molar-refractivity contribution >= 4 is 23.4 Å². The van der Waals surface area contributed by atoms with Crippen LogP contribution in [0.2, 0.25) is 0 Å². The summed E-state index contributed by atoms with van der Waals surface area (Å²) in [6, 6.07) is 1.73. The van der Waals surface area contributed by atoms with Gasteiger partial charge in [0, 0.05) is 19.2 Å². The lowest BCUT2D eigenvalue weighted by molar-refractivity contribution is 0.258. The first kappa shape index (κ1) is 14.1. The van der Waals surface area contributed by atoms with Gasteiger partial charge in [0.1, 0.15) is 11.6 Å². The van der Waals surface area contributed by atoms with E-state index in [1.54, 1.807) is 6.07 Å². The van der Waals surface area contributed by atoms with Crippen LogP contribution in [0.1, 0.15) is 19.8 Å². The fourth-order valence-electron chi connectivity index (χ4n) is 1.51. The first-order chi connectivity index (χ1) is 8.19. The number of anilines is 2. The molecule has 96 valence electrons. The van der Waals surface area contributed by atoms with E-state index in [1.807, 2.05) is 6.26 Å². The van der Waals surface area contributed by atoms with E-state index in [2.05, 4.69) is 22.2 Å². The number of nitrogens with two attached hydrogens (primary N) is 1. The lowest BCUT2D eigenvalue weighted by Crippen LogP contribution is -2.16. The summed E-state index contributed by atoms with van der Waals surface area (Å²) in [4.78, 5) is 8.40. The minimum atomic E-state index is 0.224. The van der Waals surface area contributed by atoms with Gasteiger partial charge >= 0.3 is 0 Å². The van der Waals surface area contributed by atoms with Gasteiger partial charge < -0.3 is 16.2 Å². The third-order valence-electron chi connectivity index (χ3n) is 2.59. The number of aliphatic hydroxyl groups is 1. The first-order valence-corrected chi connectivity index (χ1v) is 6.95. The highest BCUT2D eigenvalue weighted by molar-refractivity contribution is 7.98. The minimum absolute atomic E-state index is 0.224. The fraction of sp³-hybridized carbons (Fsp3) is 0.636. The molecule has 0 radical (unpaired) electrons. The molecule has 1 atom stereocenters. The van der Waals surface area contributed by atoms with Crippen molar-refractivity contribution in [2.75, 3.05) is 30.5 Å². The van der Waals surface area contributed by atoms with Crippen molar-refractivity contribution in [3.8, 4) is 0 Å². The van der Waals surface area contributed by atoms with E-state index in [1.165, 1.54) is 11.8 Å². The predicted octanol–water partition coefficient (Wildman–Crippen LogP) is 1.60. The van der Waals surface area contributed by atoms with Gasteiger partial charge in [0.05, 0.1) is 0 Å². The van der Waals surface area contributed by atoms with Gasteiger partial charge in [-0.25, -0.2) is 9.97 Å². The molecule has 0 aliphatic rings. The van der Waals surface area contributed by atoms with E-state index in [4.69, 9.17) is 10.8 Å². The molecule has 17 heavy (non-hydrogen) atoms. The Kier molecular flexibility index (Phi) is 6.07. The Morgan fingerprint density at radius 1 is 1.53 bits per heavy atom. The molecule has 1 rings (SSSR count). The molecule has 0 spiro atoms. The molecule has 0 saturated heterocycles. The summed E-state index contributed by atoms with van der Waals surface area (Å²) >= 11 is 1.47. The van der Waals surface area contributed by atoms with Crippen LogP contribution in [0, 0.1) is 5.92 Å². The maximum atomic E-state index is 8.91. The van der Waals surface area contributed by atoms with Gasteiger partial charge in [-0.05, 0) is 18.6 Å². The van der Waals surface area contributed by atoms with Gasteiger partial charge in [0.15, 0.2) is 5.16 Å². The number of thioether (sulfide) groups is 1. The maximum absolute atomic E-state index is 8.91. The standard InChI is InChI=1S/C11H20N4OS/c1-3-8(4-5-16)7-13-10-6-9(12)14-11(15-10)17-2/h6,8,16H,3-5,7H2,1-2H3,(H3,12,13,14,15). The second-order valence-corrected chi connectivity index (χ2v) is 4.61. The van der Waals surface area contributed by atoms with Crippen molar-refractivity contribution in [1.82, 2.24) is 9.97 Å². The van der Waals surface area contributed by atoms with Gasteiger partial charge in [0.2, 0.25) is 0 Å². The number of hydrogen-bond acceptors (Lipinski definition) is 6. The molecule has 0 amide bonds. The third-order valence-corrected chi connectivity index (χ3v) is 3.14. The average Bonchev–Trinajstić information content (AvgIpc) is 2.33. The van der Waals surface area contributed by atoms with Crippen LogP contribution in [0.3, 0.4) is 0 Å². The highest BCUT2D eigenvalue weighted by Gasteiger charge is 2.07. The third kappa shape index (κ3) is 4.79. The lowest BCUT2D eigenvalue weighted by Gasteiger charge is -2.15. The van der Waals surface area contributed by atoms with E-state index in [0.29, 0.717) is 16.9 Å². The number of nitrogens with one attached hydrogen (secondary N) is 1. The molecule has 4 N–H and O–H groups in total. The molecule has 1 unspecified atom stereocenters. The summed E-state index contributed by atoms with van der Waals surface area (Å²) in [6.07, 6.45) is 3.75. The van der Waals surface area contributed by atoms with Gasteiger partial charge in [-0.3, -0.25) is 0 Å². The highest BCUT2D eigenvalue weighted by Crippen LogP contribution is 2.16. The summed E-state index contributed by atoms with van der Waals surface area (Å²) in [6.45, 7) is 3.13. The van der Waals surface area contributed by atoms with Crippen LogP contribution in [-0.4, -0.2) is 34.5 Å². The van der Waals surface area contributed by atoms with E-state index >= 15 is 0 Å². The van der Waals surface area contributed by atoms with Crippen molar-refractivity contribution in [3.05, 3.63) is 6.07 Å². The fourth-order valence-corrected chi connectivity index (χ4v) is 1.89. The molecule has 0 aliphatic carbocycles. The summed E-state index contributed by atoms with van der Waals surface area (Å²) in [5.41, 5.74) is 5.69. The molecule has 6 heteroatoms. The average molecular weight is 256 g/mol. The van der Waals surface area contributed by atoms with Crippen LogP contribution in [0.4, 0.5) is 11.6 Å². The van der Waals surface area contributed by atoms with E-state index in [9.17, 15) is 0 Å². The largest absolute Gasteiger partial charge is 0.396 e. The summed E-state index contributed by atoms with van der Waals surface area (Å²) in [5, 5.41) is 12.8. The van der Waals surface area contributed by atoms with Gasteiger partial charge in [-0.15, -0.1) is 0 Å². The quantitative estimate of drug-likeness (QED) is 0.507. The predicted molar refractivity (Wildman–Crippen MR) is 72.2 cm³/mol. The van der Waals surface area contributed by atoms with Crippen LogP contribution >= 0.6 is 11.8 Å². The molecule has 0 saturated carbocycles. The Hall–Kier alpha value is -1.01. The zero-order valence-corrected chi connectivity index (χ0v) is 11.1. The topological polar surface area (TPSA) is 84.1 Å². The maximum Gasteiger partial charge on any atom is 0.191 e. The Morgan fingerprint density at radius 2 is 2.29 bits per heavy atom. The molecule has 5 nitrogen and oxygen atoms in total. The van der Waals surface area contributed by atoms with Gasteiger partial charge in [-0.1, -0.05) is 25.1 Å². The Bertz CT molecular complexity index is 348. The first-order valence-electron chi connectivity index (χ1n) is 5.72. The molecule has 1 aromatic heterocycles. The van der Waals surface area contributed by atoms with E-state index < -0.39 is 0 Å². The zero-order chi connectivity index (χ0) is 12.7.